The highest BCUT2D eigenvalue weighted by Crippen LogP contribution is 2.23. The van der Waals surface area contributed by atoms with Crippen LogP contribution < -0.4 is 16.2 Å². The Morgan fingerprint density at radius 1 is 1.00 bits per heavy atom. The zero-order chi connectivity index (χ0) is 15.6. The first-order valence-corrected chi connectivity index (χ1v) is 6.86. The summed E-state index contributed by atoms with van der Waals surface area (Å²) in [4.78, 5) is 14.4. The number of hydrogen-bond acceptors (Lipinski definition) is 3. The van der Waals surface area contributed by atoms with Crippen LogP contribution in [0.4, 0.5) is 11.4 Å². The van der Waals surface area contributed by atoms with Gasteiger partial charge in [-0.25, -0.2) is 0 Å². The normalized spacial score (nSPS) is 10.3. The molecule has 4 heteroatoms. The fourth-order valence-corrected chi connectivity index (χ4v) is 2.40. The number of hydrogen-bond donors (Lipinski definition) is 2. The van der Waals surface area contributed by atoms with E-state index < -0.39 is 0 Å². The molecule has 0 atom stereocenters. The second kappa shape index (κ2) is 5.97. The van der Waals surface area contributed by atoms with Gasteiger partial charge in [0.2, 0.25) is 0 Å². The molecule has 0 aliphatic rings. The maximum absolute atomic E-state index is 12.7. The molecule has 2 aromatic carbocycles. The van der Waals surface area contributed by atoms with Crippen LogP contribution in [0.25, 0.3) is 0 Å². The molecule has 0 aromatic heterocycles. The number of nitrogens with zero attached hydrogens (tertiary/aromatic N) is 1. The van der Waals surface area contributed by atoms with E-state index >= 15 is 0 Å². The highest BCUT2D eigenvalue weighted by atomic mass is 16.2. The molecule has 0 saturated heterocycles. The number of aryl methyl sites for hydroxylation is 3. The van der Waals surface area contributed by atoms with Crippen molar-refractivity contribution in [1.82, 2.24) is 0 Å². The summed E-state index contributed by atoms with van der Waals surface area (Å²) < 4.78 is 0. The average Bonchev–Trinajstić information content (AvgIpc) is 2.44. The van der Waals surface area contributed by atoms with Crippen LogP contribution in [0, 0.1) is 20.8 Å². The SMILES string of the molecule is Cc1cc(C)cc(N(C)C(=O)c2cc(C)ccc2NN)c1. The van der Waals surface area contributed by atoms with Gasteiger partial charge in [0, 0.05) is 12.7 Å². The van der Waals surface area contributed by atoms with E-state index in [1.165, 1.54) is 0 Å². The van der Waals surface area contributed by atoms with Gasteiger partial charge in [0.05, 0.1) is 11.3 Å². The van der Waals surface area contributed by atoms with Crippen molar-refractivity contribution in [1.29, 1.82) is 0 Å². The number of nitrogen functional groups attached to an aromatic ring is 1. The predicted molar refractivity (Wildman–Crippen MR) is 87.6 cm³/mol. The first kappa shape index (κ1) is 15.1. The summed E-state index contributed by atoms with van der Waals surface area (Å²) in [6.07, 6.45) is 0. The molecular formula is C17H21N3O. The Morgan fingerprint density at radius 2 is 1.62 bits per heavy atom. The number of hydrazine groups is 1. The summed E-state index contributed by atoms with van der Waals surface area (Å²) in [5.41, 5.74) is 7.94. The second-order valence-corrected chi connectivity index (χ2v) is 5.40. The van der Waals surface area contributed by atoms with E-state index in [4.69, 9.17) is 5.84 Å². The molecule has 2 aromatic rings. The summed E-state index contributed by atoms with van der Waals surface area (Å²) >= 11 is 0. The van der Waals surface area contributed by atoms with Gasteiger partial charge in [-0.15, -0.1) is 0 Å². The van der Waals surface area contributed by atoms with Gasteiger partial charge in [0.15, 0.2) is 0 Å². The van der Waals surface area contributed by atoms with Crippen LogP contribution in [-0.4, -0.2) is 13.0 Å². The summed E-state index contributed by atoms with van der Waals surface area (Å²) in [6, 6.07) is 11.7. The van der Waals surface area contributed by atoms with Crippen LogP contribution in [0.3, 0.4) is 0 Å². The van der Waals surface area contributed by atoms with Gasteiger partial charge in [-0.3, -0.25) is 10.6 Å². The van der Waals surface area contributed by atoms with Crippen LogP contribution >= 0.6 is 0 Å². The van der Waals surface area contributed by atoms with Crippen molar-refractivity contribution >= 4 is 17.3 Å². The van der Waals surface area contributed by atoms with Gasteiger partial charge < -0.3 is 10.3 Å². The topological polar surface area (TPSA) is 58.4 Å². The molecule has 110 valence electrons. The third kappa shape index (κ3) is 3.23. The van der Waals surface area contributed by atoms with E-state index in [1.807, 2.05) is 51.1 Å². The molecule has 0 spiro atoms. The fourth-order valence-electron chi connectivity index (χ4n) is 2.40. The Hall–Kier alpha value is -2.33. The highest BCUT2D eigenvalue weighted by Gasteiger charge is 2.17. The number of carbonyl (C=O) groups excluding carboxylic acids is 1. The van der Waals surface area contributed by atoms with E-state index in [9.17, 15) is 4.79 Å². The highest BCUT2D eigenvalue weighted by molar-refractivity contribution is 6.09. The maximum Gasteiger partial charge on any atom is 0.260 e. The molecule has 0 aliphatic heterocycles. The van der Waals surface area contributed by atoms with E-state index in [0.29, 0.717) is 11.3 Å². The monoisotopic (exact) mass is 283 g/mol. The Bertz CT molecular complexity index is 659. The molecule has 0 unspecified atom stereocenters. The average molecular weight is 283 g/mol. The minimum Gasteiger partial charge on any atom is -0.323 e. The zero-order valence-corrected chi connectivity index (χ0v) is 12.9. The van der Waals surface area contributed by atoms with Crippen LogP contribution in [-0.2, 0) is 0 Å². The lowest BCUT2D eigenvalue weighted by Gasteiger charge is -2.20. The van der Waals surface area contributed by atoms with Crippen molar-refractivity contribution in [3.05, 3.63) is 58.7 Å². The van der Waals surface area contributed by atoms with E-state index in [-0.39, 0.29) is 5.91 Å². The smallest absolute Gasteiger partial charge is 0.260 e. The molecular weight excluding hydrogens is 262 g/mol. The van der Waals surface area contributed by atoms with Crippen molar-refractivity contribution < 1.29 is 4.79 Å². The fraction of sp³-hybridized carbons (Fsp3) is 0.235. The third-order valence-electron chi connectivity index (χ3n) is 3.46. The maximum atomic E-state index is 12.7. The Morgan fingerprint density at radius 3 is 2.19 bits per heavy atom. The molecule has 0 bridgehead atoms. The van der Waals surface area contributed by atoms with Gasteiger partial charge in [-0.05, 0) is 56.2 Å². The second-order valence-electron chi connectivity index (χ2n) is 5.40. The lowest BCUT2D eigenvalue weighted by molar-refractivity contribution is 0.0993. The number of carbonyl (C=O) groups is 1. The summed E-state index contributed by atoms with van der Waals surface area (Å²) in [5.74, 6) is 5.42. The van der Waals surface area contributed by atoms with Gasteiger partial charge in [0.25, 0.3) is 5.91 Å². The number of amides is 1. The molecule has 0 radical (unpaired) electrons. The molecule has 0 aliphatic carbocycles. The minimum absolute atomic E-state index is 0.0864. The number of anilines is 2. The summed E-state index contributed by atoms with van der Waals surface area (Å²) in [6.45, 7) is 6.00. The predicted octanol–water partition coefficient (Wildman–Crippen LogP) is 3.17. The lowest BCUT2D eigenvalue weighted by Crippen LogP contribution is -2.28. The van der Waals surface area contributed by atoms with E-state index in [2.05, 4.69) is 11.5 Å². The molecule has 3 N–H and O–H groups in total. The van der Waals surface area contributed by atoms with Crippen molar-refractivity contribution in [3.8, 4) is 0 Å². The molecule has 1 amide bonds. The quantitative estimate of drug-likeness (QED) is 0.672. The Kier molecular flexibility index (Phi) is 4.29. The molecule has 21 heavy (non-hydrogen) atoms. The molecule has 0 heterocycles. The van der Waals surface area contributed by atoms with Gasteiger partial charge in [0.1, 0.15) is 0 Å². The van der Waals surface area contributed by atoms with Crippen molar-refractivity contribution in [2.75, 3.05) is 17.4 Å². The molecule has 0 fully saturated rings. The van der Waals surface area contributed by atoms with Crippen LogP contribution in [0.2, 0.25) is 0 Å². The number of nitrogens with two attached hydrogens (primary N) is 1. The van der Waals surface area contributed by atoms with Crippen LogP contribution in [0.5, 0.6) is 0 Å². The largest absolute Gasteiger partial charge is 0.323 e. The first-order valence-electron chi connectivity index (χ1n) is 6.86. The summed E-state index contributed by atoms with van der Waals surface area (Å²) in [5, 5.41) is 0. The van der Waals surface area contributed by atoms with Crippen molar-refractivity contribution in [2.45, 2.75) is 20.8 Å². The zero-order valence-electron chi connectivity index (χ0n) is 12.9. The Balaban J connectivity index is 2.41. The number of rotatable bonds is 3. The molecule has 0 saturated carbocycles. The Labute approximate surface area is 125 Å². The summed E-state index contributed by atoms with van der Waals surface area (Å²) in [7, 11) is 1.78. The van der Waals surface area contributed by atoms with Crippen molar-refractivity contribution in [2.24, 2.45) is 5.84 Å². The van der Waals surface area contributed by atoms with Gasteiger partial charge in [-0.1, -0.05) is 17.7 Å². The van der Waals surface area contributed by atoms with E-state index in [1.54, 1.807) is 11.9 Å². The molecule has 2 rings (SSSR count). The minimum atomic E-state index is -0.0864. The number of nitrogens with one attached hydrogen (secondary N) is 1. The van der Waals surface area contributed by atoms with Crippen molar-refractivity contribution in [3.63, 3.8) is 0 Å². The van der Waals surface area contributed by atoms with Crippen LogP contribution in [0.1, 0.15) is 27.0 Å². The third-order valence-corrected chi connectivity index (χ3v) is 3.46. The van der Waals surface area contributed by atoms with Gasteiger partial charge in [-0.2, -0.15) is 0 Å². The van der Waals surface area contributed by atoms with Gasteiger partial charge >= 0.3 is 0 Å². The number of benzene rings is 2. The molecule has 4 nitrogen and oxygen atoms in total. The van der Waals surface area contributed by atoms with E-state index in [0.717, 1.165) is 22.4 Å². The first-order chi connectivity index (χ1) is 9.92. The van der Waals surface area contributed by atoms with Crippen LogP contribution in [0.15, 0.2) is 36.4 Å². The lowest BCUT2D eigenvalue weighted by atomic mass is 10.1. The standard InChI is InChI=1S/C17H21N3O/c1-11-5-6-16(19-18)15(10-11)17(21)20(4)14-8-12(2)7-13(3)9-14/h5-10,19H,18H2,1-4H3.